The topological polar surface area (TPSA) is 88.4 Å². The lowest BCUT2D eigenvalue weighted by molar-refractivity contribution is 0.0944. The van der Waals surface area contributed by atoms with Crippen LogP contribution in [-0.4, -0.2) is 14.3 Å². The van der Waals surface area contributed by atoms with Crippen LogP contribution in [0.15, 0.2) is 40.2 Å². The minimum Gasteiger partial charge on any atom is -0.466 e. The van der Waals surface area contributed by atoms with E-state index in [1.807, 2.05) is 23.9 Å². The lowest BCUT2D eigenvalue weighted by Crippen LogP contribution is -2.40. The van der Waals surface area contributed by atoms with E-state index in [9.17, 15) is 13.2 Å². The van der Waals surface area contributed by atoms with Gasteiger partial charge in [-0.3, -0.25) is 10.2 Å². The normalized spacial score (nSPS) is 11.8. The van der Waals surface area contributed by atoms with Crippen molar-refractivity contribution in [1.29, 1.82) is 0 Å². The van der Waals surface area contributed by atoms with Crippen LogP contribution in [-0.2, 0) is 10.0 Å². The predicted molar refractivity (Wildman–Crippen MR) is 87.9 cm³/mol. The summed E-state index contributed by atoms with van der Waals surface area (Å²) in [5.41, 5.74) is 4.26. The zero-order valence-corrected chi connectivity index (χ0v) is 13.9. The van der Waals surface area contributed by atoms with E-state index in [2.05, 4.69) is 5.43 Å². The summed E-state index contributed by atoms with van der Waals surface area (Å²) in [5.74, 6) is 0.427. The molecule has 0 aliphatic rings. The molecule has 0 saturated carbocycles. The third-order valence-electron chi connectivity index (χ3n) is 3.11. The molecule has 2 rings (SSSR count). The Bertz CT molecular complexity index is 833. The second-order valence-corrected chi connectivity index (χ2v) is 6.71. The Kier molecular flexibility index (Phi) is 5.02. The van der Waals surface area contributed by atoms with Gasteiger partial charge in [-0.05, 0) is 38.5 Å². The number of aryl methyl sites for hydroxylation is 3. The van der Waals surface area contributed by atoms with Crippen molar-refractivity contribution in [3.63, 3.8) is 0 Å². The molecule has 7 heteroatoms. The maximum absolute atomic E-state index is 11.9. The van der Waals surface area contributed by atoms with Gasteiger partial charge in [0.1, 0.15) is 11.5 Å². The third-order valence-corrected chi connectivity index (χ3v) is 3.99. The molecule has 23 heavy (non-hydrogen) atoms. The number of carbonyl (C=O) groups is 1. The van der Waals surface area contributed by atoms with E-state index in [0.29, 0.717) is 11.5 Å². The summed E-state index contributed by atoms with van der Waals surface area (Å²) in [6.07, 6.45) is 1.45. The van der Waals surface area contributed by atoms with Crippen LogP contribution in [0.4, 0.5) is 0 Å². The molecule has 6 nitrogen and oxygen atoms in total. The third kappa shape index (κ3) is 4.80. The van der Waals surface area contributed by atoms with E-state index in [1.165, 1.54) is 6.08 Å². The Morgan fingerprint density at radius 1 is 1.13 bits per heavy atom. The van der Waals surface area contributed by atoms with Gasteiger partial charge in [0.05, 0.1) is 5.56 Å². The summed E-state index contributed by atoms with van der Waals surface area (Å²) in [6, 6.07) is 8.91. The van der Waals surface area contributed by atoms with Crippen molar-refractivity contribution in [2.75, 3.05) is 0 Å². The number of furan rings is 1. The quantitative estimate of drug-likeness (QED) is 0.822. The Balaban J connectivity index is 2.00. The van der Waals surface area contributed by atoms with E-state index >= 15 is 0 Å². The fourth-order valence-electron chi connectivity index (χ4n) is 1.92. The highest BCUT2D eigenvalue weighted by Crippen LogP contribution is 2.13. The molecule has 1 heterocycles. The van der Waals surface area contributed by atoms with Crippen LogP contribution < -0.4 is 10.3 Å². The number of benzene rings is 1. The molecule has 0 atom stereocenters. The number of hydrogen-bond acceptors (Lipinski definition) is 4. The summed E-state index contributed by atoms with van der Waals surface area (Å²) < 4.78 is 29.0. The summed E-state index contributed by atoms with van der Waals surface area (Å²) in [6.45, 7) is 5.28. The number of rotatable bonds is 5. The number of sulfonamides is 1. The fourth-order valence-corrected chi connectivity index (χ4v) is 2.56. The lowest BCUT2D eigenvalue weighted by atomic mass is 10.2. The number of carbonyl (C=O) groups excluding carboxylic acids is 1. The maximum atomic E-state index is 11.9. The number of hydrogen-bond donors (Lipinski definition) is 2. The molecular weight excluding hydrogens is 316 g/mol. The van der Waals surface area contributed by atoms with E-state index < -0.39 is 15.9 Å². The number of hydrazine groups is 1. The summed E-state index contributed by atoms with van der Waals surface area (Å²) >= 11 is 0. The average molecular weight is 334 g/mol. The molecule has 0 unspecified atom stereocenters. The van der Waals surface area contributed by atoms with Crippen LogP contribution in [0.2, 0.25) is 0 Å². The molecular formula is C16H18N2O4S. The molecule has 1 aromatic heterocycles. The van der Waals surface area contributed by atoms with Crippen LogP contribution in [0.5, 0.6) is 0 Å². The Morgan fingerprint density at radius 3 is 2.35 bits per heavy atom. The van der Waals surface area contributed by atoms with Crippen molar-refractivity contribution in [1.82, 2.24) is 10.3 Å². The first-order valence-electron chi connectivity index (χ1n) is 6.91. The van der Waals surface area contributed by atoms with Crippen molar-refractivity contribution >= 4 is 22.0 Å². The molecule has 122 valence electrons. The molecule has 0 bridgehead atoms. The molecule has 0 spiro atoms. The van der Waals surface area contributed by atoms with Gasteiger partial charge < -0.3 is 4.42 Å². The van der Waals surface area contributed by atoms with Gasteiger partial charge in [-0.25, -0.2) is 8.42 Å². The largest absolute Gasteiger partial charge is 0.466 e. The van der Waals surface area contributed by atoms with Gasteiger partial charge in [0.15, 0.2) is 0 Å². The fraction of sp³-hybridized carbons (Fsp3) is 0.188. The van der Waals surface area contributed by atoms with Gasteiger partial charge in [0.2, 0.25) is 0 Å². The van der Waals surface area contributed by atoms with E-state index in [1.54, 1.807) is 32.0 Å². The summed E-state index contributed by atoms with van der Waals surface area (Å²) in [5, 5.41) is 0.991. The van der Waals surface area contributed by atoms with Crippen molar-refractivity contribution in [3.8, 4) is 0 Å². The zero-order valence-electron chi connectivity index (χ0n) is 13.1. The van der Waals surface area contributed by atoms with Gasteiger partial charge in [0.25, 0.3) is 15.9 Å². The minimum atomic E-state index is -3.79. The van der Waals surface area contributed by atoms with Crippen LogP contribution in [0.3, 0.4) is 0 Å². The van der Waals surface area contributed by atoms with Gasteiger partial charge in [0, 0.05) is 5.41 Å². The number of nitrogens with one attached hydrogen (secondary N) is 2. The smallest absolute Gasteiger partial charge is 0.269 e. The van der Waals surface area contributed by atoms with E-state index in [0.717, 1.165) is 16.5 Å². The van der Waals surface area contributed by atoms with Gasteiger partial charge in [-0.2, -0.15) is 0 Å². The second-order valence-electron chi connectivity index (χ2n) is 5.14. The highest BCUT2D eigenvalue weighted by atomic mass is 32.2. The first kappa shape index (κ1) is 17.0. The molecule has 1 aromatic carbocycles. The van der Waals surface area contributed by atoms with E-state index in [-0.39, 0.29) is 5.56 Å². The van der Waals surface area contributed by atoms with Crippen molar-refractivity contribution in [2.24, 2.45) is 0 Å². The molecule has 0 aliphatic carbocycles. The van der Waals surface area contributed by atoms with Crippen LogP contribution in [0, 0.1) is 20.8 Å². The lowest BCUT2D eigenvalue weighted by Gasteiger charge is -2.04. The van der Waals surface area contributed by atoms with E-state index in [4.69, 9.17) is 4.42 Å². The molecule has 2 aromatic rings. The molecule has 0 fully saturated rings. The van der Waals surface area contributed by atoms with Crippen molar-refractivity contribution in [2.45, 2.75) is 20.8 Å². The molecule has 0 saturated heterocycles. The molecule has 2 N–H and O–H groups in total. The summed E-state index contributed by atoms with van der Waals surface area (Å²) in [4.78, 5) is 13.9. The second kappa shape index (κ2) is 6.80. The maximum Gasteiger partial charge on any atom is 0.269 e. The van der Waals surface area contributed by atoms with Crippen molar-refractivity contribution < 1.29 is 17.6 Å². The van der Waals surface area contributed by atoms with Crippen molar-refractivity contribution in [3.05, 3.63) is 64.0 Å². The highest BCUT2D eigenvalue weighted by molar-refractivity contribution is 7.92. The first-order chi connectivity index (χ1) is 10.8. The SMILES string of the molecule is Cc1ccc(/C=C/S(=O)(=O)NNC(=O)c2cc(C)oc2C)cc1. The molecule has 0 radical (unpaired) electrons. The minimum absolute atomic E-state index is 0.285. The van der Waals surface area contributed by atoms with Crippen LogP contribution in [0.25, 0.3) is 6.08 Å². The Morgan fingerprint density at radius 2 is 1.78 bits per heavy atom. The van der Waals surface area contributed by atoms with Gasteiger partial charge in [-0.15, -0.1) is 4.83 Å². The van der Waals surface area contributed by atoms with Gasteiger partial charge in [-0.1, -0.05) is 29.8 Å². The number of amides is 1. The predicted octanol–water partition coefficient (Wildman–Crippen LogP) is 2.44. The van der Waals surface area contributed by atoms with Crippen LogP contribution >= 0.6 is 0 Å². The monoisotopic (exact) mass is 334 g/mol. The average Bonchev–Trinajstić information content (AvgIpc) is 2.83. The Labute approximate surface area is 135 Å². The standard InChI is InChI=1S/C16H18N2O4S/c1-11-4-6-14(7-5-11)8-9-23(20,21)18-17-16(19)15-10-12(2)22-13(15)3/h4-10,18H,1-3H3,(H,17,19)/b9-8+. The van der Waals surface area contributed by atoms with Crippen LogP contribution in [0.1, 0.15) is 33.0 Å². The first-order valence-corrected chi connectivity index (χ1v) is 8.45. The zero-order chi connectivity index (χ0) is 17.0. The molecule has 0 aliphatic heterocycles. The Hall–Kier alpha value is -2.38. The summed E-state index contributed by atoms with van der Waals surface area (Å²) in [7, 11) is -3.79. The highest BCUT2D eigenvalue weighted by Gasteiger charge is 2.15. The van der Waals surface area contributed by atoms with Gasteiger partial charge >= 0.3 is 0 Å². The molecule has 1 amide bonds.